The summed E-state index contributed by atoms with van der Waals surface area (Å²) >= 11 is 0. The highest BCUT2D eigenvalue weighted by Crippen LogP contribution is 2.31. The first-order chi connectivity index (χ1) is 13.0. The average Bonchev–Trinajstić information content (AvgIpc) is 2.96. The van der Waals surface area contributed by atoms with Crippen LogP contribution in [0.4, 0.5) is 0 Å². The Bertz CT molecular complexity index is 892. The van der Waals surface area contributed by atoms with Crippen molar-refractivity contribution in [3.8, 4) is 0 Å². The van der Waals surface area contributed by atoms with Crippen molar-refractivity contribution in [3.63, 3.8) is 0 Å². The topological polar surface area (TPSA) is 131 Å². The normalized spacial score (nSPS) is 24.7. The summed E-state index contributed by atoms with van der Waals surface area (Å²) in [5.41, 5.74) is -0.409. The third-order valence-electron chi connectivity index (χ3n) is 4.35. The molecule has 9 nitrogen and oxygen atoms in total. The molecule has 3 rings (SSSR count). The standard InChI is InChI=1S/C18H20N2O7/c21-10-12-15(24)16(17(26-12)20-9-8-13(22)19-18(20)25)27-14(23)7-6-11-4-2-1-3-5-11/h1-5,8-9,12,15-17,21,24H,6-7,10H2,(H,19,22,25)/t12-,15-,16-,17-/m1/s1. The van der Waals surface area contributed by atoms with E-state index in [-0.39, 0.29) is 6.42 Å². The molecule has 1 aromatic carbocycles. The predicted octanol–water partition coefficient (Wildman–Crippen LogP) is -0.668. The minimum absolute atomic E-state index is 0.0737. The second-order valence-corrected chi connectivity index (χ2v) is 6.20. The molecule has 1 aliphatic rings. The largest absolute Gasteiger partial charge is 0.455 e. The maximum atomic E-state index is 12.2. The van der Waals surface area contributed by atoms with Gasteiger partial charge in [0.15, 0.2) is 12.3 Å². The monoisotopic (exact) mass is 376 g/mol. The zero-order valence-electron chi connectivity index (χ0n) is 14.4. The minimum atomic E-state index is -1.32. The van der Waals surface area contributed by atoms with Crippen LogP contribution in [0.3, 0.4) is 0 Å². The molecule has 2 aromatic rings. The number of aliphatic hydroxyl groups excluding tert-OH is 2. The van der Waals surface area contributed by atoms with Crippen molar-refractivity contribution in [2.24, 2.45) is 0 Å². The number of carbonyl (C=O) groups excluding carboxylic acids is 1. The third kappa shape index (κ3) is 4.33. The van der Waals surface area contributed by atoms with E-state index >= 15 is 0 Å². The minimum Gasteiger partial charge on any atom is -0.455 e. The summed E-state index contributed by atoms with van der Waals surface area (Å²) in [5, 5.41) is 19.7. The molecule has 9 heteroatoms. The molecule has 1 saturated heterocycles. The lowest BCUT2D eigenvalue weighted by Crippen LogP contribution is -2.40. The SMILES string of the molecule is O=C(CCc1ccccc1)O[C@@H]1[C@H](O)[C@@H](CO)O[C@H]1n1ccc(=O)[nH]c1=O. The lowest BCUT2D eigenvalue weighted by Gasteiger charge is -2.22. The molecular formula is C18H20N2O7. The van der Waals surface area contributed by atoms with Gasteiger partial charge in [-0.05, 0) is 12.0 Å². The highest BCUT2D eigenvalue weighted by atomic mass is 16.6. The Kier molecular flexibility index (Phi) is 5.84. The van der Waals surface area contributed by atoms with Gasteiger partial charge in [-0.15, -0.1) is 0 Å². The Hall–Kier alpha value is -2.75. The lowest BCUT2D eigenvalue weighted by molar-refractivity contribution is -0.158. The van der Waals surface area contributed by atoms with Gasteiger partial charge in [0, 0.05) is 18.7 Å². The Morgan fingerprint density at radius 1 is 1.22 bits per heavy atom. The van der Waals surface area contributed by atoms with E-state index in [0.29, 0.717) is 6.42 Å². The summed E-state index contributed by atoms with van der Waals surface area (Å²) in [7, 11) is 0. The van der Waals surface area contributed by atoms with E-state index in [1.165, 1.54) is 6.20 Å². The van der Waals surface area contributed by atoms with E-state index in [1.807, 2.05) is 30.3 Å². The van der Waals surface area contributed by atoms with Crippen molar-refractivity contribution < 1.29 is 24.5 Å². The molecule has 3 N–H and O–H groups in total. The van der Waals surface area contributed by atoms with E-state index in [9.17, 15) is 24.6 Å². The maximum Gasteiger partial charge on any atom is 0.330 e. The summed E-state index contributed by atoms with van der Waals surface area (Å²) < 4.78 is 11.8. The predicted molar refractivity (Wildman–Crippen MR) is 93.0 cm³/mol. The Morgan fingerprint density at radius 2 is 1.96 bits per heavy atom. The number of aryl methyl sites for hydroxylation is 1. The van der Waals surface area contributed by atoms with Crippen LogP contribution in [-0.4, -0.2) is 50.7 Å². The Morgan fingerprint density at radius 3 is 2.63 bits per heavy atom. The molecule has 4 atom stereocenters. The van der Waals surface area contributed by atoms with Crippen LogP contribution in [0.15, 0.2) is 52.2 Å². The summed E-state index contributed by atoms with van der Waals surface area (Å²) in [6.07, 6.45) is -3.00. The molecule has 0 saturated carbocycles. The van der Waals surface area contributed by atoms with Crippen LogP contribution in [0, 0.1) is 0 Å². The van der Waals surface area contributed by atoms with Crippen LogP contribution < -0.4 is 11.2 Å². The van der Waals surface area contributed by atoms with Crippen molar-refractivity contribution in [2.75, 3.05) is 6.61 Å². The summed E-state index contributed by atoms with van der Waals surface area (Å²) in [6, 6.07) is 10.5. The van der Waals surface area contributed by atoms with E-state index in [1.54, 1.807) is 0 Å². The van der Waals surface area contributed by atoms with Gasteiger partial charge in [-0.3, -0.25) is 19.1 Å². The summed E-state index contributed by atoms with van der Waals surface area (Å²) in [5.74, 6) is -0.576. The average molecular weight is 376 g/mol. The fraction of sp³-hybridized carbons (Fsp3) is 0.389. The van der Waals surface area contributed by atoms with Gasteiger partial charge in [0.25, 0.3) is 5.56 Å². The third-order valence-corrected chi connectivity index (χ3v) is 4.35. The van der Waals surface area contributed by atoms with E-state index < -0.39 is 48.4 Å². The number of hydrogen-bond acceptors (Lipinski definition) is 7. The summed E-state index contributed by atoms with van der Waals surface area (Å²) in [6.45, 7) is -0.520. The molecule has 1 aliphatic heterocycles. The number of esters is 1. The van der Waals surface area contributed by atoms with Gasteiger partial charge < -0.3 is 19.7 Å². The summed E-state index contributed by atoms with van der Waals surface area (Å²) in [4.78, 5) is 37.6. The van der Waals surface area contributed by atoms with Crippen molar-refractivity contribution >= 4 is 5.97 Å². The molecule has 0 amide bonds. The van der Waals surface area contributed by atoms with Gasteiger partial charge in [-0.2, -0.15) is 0 Å². The van der Waals surface area contributed by atoms with Crippen LogP contribution in [0.25, 0.3) is 0 Å². The van der Waals surface area contributed by atoms with E-state index in [2.05, 4.69) is 4.98 Å². The van der Waals surface area contributed by atoms with Gasteiger partial charge in [0.1, 0.15) is 12.2 Å². The van der Waals surface area contributed by atoms with Crippen LogP contribution in [0.5, 0.6) is 0 Å². The first kappa shape index (κ1) is 19.0. The van der Waals surface area contributed by atoms with Crippen LogP contribution in [0.1, 0.15) is 18.2 Å². The van der Waals surface area contributed by atoms with Gasteiger partial charge >= 0.3 is 11.7 Å². The molecule has 1 fully saturated rings. The van der Waals surface area contributed by atoms with Gasteiger partial charge in [-0.1, -0.05) is 30.3 Å². The Balaban J connectivity index is 1.74. The number of H-pyrrole nitrogens is 1. The fourth-order valence-electron chi connectivity index (χ4n) is 2.95. The number of ether oxygens (including phenoxy) is 2. The first-order valence-electron chi connectivity index (χ1n) is 8.49. The molecule has 0 aliphatic carbocycles. The van der Waals surface area contributed by atoms with Crippen molar-refractivity contribution in [1.29, 1.82) is 0 Å². The number of aromatic amines is 1. The number of aliphatic hydroxyl groups is 2. The number of rotatable bonds is 6. The molecule has 0 radical (unpaired) electrons. The number of hydrogen-bond donors (Lipinski definition) is 3. The molecule has 144 valence electrons. The lowest BCUT2D eigenvalue weighted by atomic mass is 10.1. The van der Waals surface area contributed by atoms with Gasteiger partial charge in [-0.25, -0.2) is 4.79 Å². The van der Waals surface area contributed by atoms with Crippen molar-refractivity contribution in [2.45, 2.75) is 37.4 Å². The molecule has 0 bridgehead atoms. The van der Waals surface area contributed by atoms with Crippen molar-refractivity contribution in [3.05, 3.63) is 69.0 Å². The fourth-order valence-corrected chi connectivity index (χ4v) is 2.95. The number of benzene rings is 1. The second kappa shape index (κ2) is 8.30. The van der Waals surface area contributed by atoms with Gasteiger partial charge in [0.2, 0.25) is 0 Å². The molecule has 27 heavy (non-hydrogen) atoms. The van der Waals surface area contributed by atoms with Gasteiger partial charge in [0.05, 0.1) is 6.61 Å². The zero-order valence-corrected chi connectivity index (χ0v) is 14.4. The molecule has 1 aromatic heterocycles. The van der Waals surface area contributed by atoms with Crippen LogP contribution in [0.2, 0.25) is 0 Å². The Labute approximate surface area is 153 Å². The van der Waals surface area contributed by atoms with E-state index in [4.69, 9.17) is 9.47 Å². The first-order valence-corrected chi connectivity index (χ1v) is 8.49. The molecule has 2 heterocycles. The number of carbonyl (C=O) groups is 1. The quantitative estimate of drug-likeness (QED) is 0.570. The highest BCUT2D eigenvalue weighted by molar-refractivity contribution is 5.70. The number of nitrogens with one attached hydrogen (secondary N) is 1. The van der Waals surface area contributed by atoms with Crippen molar-refractivity contribution in [1.82, 2.24) is 9.55 Å². The smallest absolute Gasteiger partial charge is 0.330 e. The zero-order chi connectivity index (χ0) is 19.4. The highest BCUT2D eigenvalue weighted by Gasteiger charge is 2.47. The molecular weight excluding hydrogens is 356 g/mol. The second-order valence-electron chi connectivity index (χ2n) is 6.20. The number of nitrogens with zero attached hydrogens (tertiary/aromatic N) is 1. The molecule has 0 spiro atoms. The van der Waals surface area contributed by atoms with Crippen LogP contribution in [-0.2, 0) is 20.7 Å². The molecule has 0 unspecified atom stereocenters. The number of aromatic nitrogens is 2. The van der Waals surface area contributed by atoms with E-state index in [0.717, 1.165) is 16.2 Å². The van der Waals surface area contributed by atoms with Crippen LogP contribution >= 0.6 is 0 Å². The maximum absolute atomic E-state index is 12.2.